The second-order valence-electron chi connectivity index (χ2n) is 12.0. The number of pyridine rings is 1. The summed E-state index contributed by atoms with van der Waals surface area (Å²) < 4.78 is 63.0. The molecule has 0 radical (unpaired) electrons. The highest BCUT2D eigenvalue weighted by Gasteiger charge is 2.45. The fourth-order valence-corrected chi connectivity index (χ4v) is 6.43. The molecule has 3 N–H and O–H groups in total. The van der Waals surface area contributed by atoms with Crippen LogP contribution in [-0.2, 0) is 10.0 Å². The molecule has 14 heteroatoms. The number of piperidine rings is 2. The maximum Gasteiger partial charge on any atom is 0.251 e. The number of rotatable bonds is 8. The predicted molar refractivity (Wildman–Crippen MR) is 157 cm³/mol. The summed E-state index contributed by atoms with van der Waals surface area (Å²) in [5.41, 5.74) is 2.77. The summed E-state index contributed by atoms with van der Waals surface area (Å²) in [6.07, 6.45) is 2.73. The number of aromatic nitrogens is 3. The van der Waals surface area contributed by atoms with Gasteiger partial charge in [0.2, 0.25) is 27.7 Å². The molecule has 1 aromatic carbocycles. The Labute approximate surface area is 249 Å². The number of aliphatic hydroxyl groups excluding tert-OH is 1. The van der Waals surface area contributed by atoms with Gasteiger partial charge in [-0.1, -0.05) is 6.07 Å². The van der Waals surface area contributed by atoms with Gasteiger partial charge in [-0.15, -0.1) is 10.2 Å². The fraction of sp³-hybridized carbons (Fsp3) is 0.552. The molecule has 1 spiro atoms. The van der Waals surface area contributed by atoms with E-state index in [2.05, 4.69) is 20.1 Å². The molecule has 1 aliphatic carbocycles. The largest absolute Gasteiger partial charge is 0.481 e. The Bertz CT molecular complexity index is 1590. The number of anilines is 2. The Morgan fingerprint density at radius 2 is 1.63 bits per heavy atom. The monoisotopic (exact) mass is 618 g/mol. The van der Waals surface area contributed by atoms with Crippen molar-refractivity contribution in [2.75, 3.05) is 43.1 Å². The van der Waals surface area contributed by atoms with E-state index in [0.29, 0.717) is 27.9 Å². The Balaban J connectivity index is 1.33. The van der Waals surface area contributed by atoms with Crippen LogP contribution in [0.2, 0.25) is 0 Å². The smallest absolute Gasteiger partial charge is 0.251 e. The molecule has 2 unspecified atom stereocenters. The van der Waals surface area contributed by atoms with E-state index in [1.54, 1.807) is 35.2 Å². The van der Waals surface area contributed by atoms with Gasteiger partial charge in [0.05, 0.1) is 18.8 Å². The van der Waals surface area contributed by atoms with E-state index in [4.69, 9.17) is 14.3 Å². The summed E-state index contributed by atoms with van der Waals surface area (Å²) in [5.74, 6) is -1.47. The average molecular weight is 619 g/mol. The van der Waals surface area contributed by atoms with Crippen LogP contribution in [0.15, 0.2) is 34.7 Å². The lowest BCUT2D eigenvalue weighted by Gasteiger charge is -2.35. The molecule has 3 aromatic rings. The highest BCUT2D eigenvalue weighted by molar-refractivity contribution is 7.89. The van der Waals surface area contributed by atoms with E-state index in [-0.39, 0.29) is 43.6 Å². The predicted octanol–water partition coefficient (Wildman–Crippen LogP) is 4.13. The van der Waals surface area contributed by atoms with Crippen molar-refractivity contribution in [3.05, 3.63) is 35.9 Å². The number of benzene rings is 1. The van der Waals surface area contributed by atoms with E-state index < -0.39 is 27.3 Å². The molecule has 0 bridgehead atoms. The Morgan fingerprint density at radius 3 is 2.26 bits per heavy atom. The third kappa shape index (κ3) is 6.18. The zero-order chi connectivity index (χ0) is 30.6. The molecule has 232 valence electrons. The number of nitrogens with zero attached hydrogens (tertiary/aromatic N) is 5. The third-order valence-corrected chi connectivity index (χ3v) is 10.5. The minimum atomic E-state index is -3.97. The van der Waals surface area contributed by atoms with Crippen LogP contribution in [0.4, 0.5) is 20.3 Å². The Morgan fingerprint density at radius 1 is 0.977 bits per heavy atom. The van der Waals surface area contributed by atoms with E-state index >= 15 is 0 Å². The molecule has 3 aliphatic rings. The summed E-state index contributed by atoms with van der Waals surface area (Å²) in [6, 6.07) is 8.53. The van der Waals surface area contributed by atoms with E-state index in [1.807, 2.05) is 0 Å². The van der Waals surface area contributed by atoms with Crippen molar-refractivity contribution >= 4 is 21.5 Å². The lowest BCUT2D eigenvalue weighted by molar-refractivity contribution is -0.0221. The molecule has 3 fully saturated rings. The lowest BCUT2D eigenvalue weighted by atomic mass is 9.92. The van der Waals surface area contributed by atoms with Crippen molar-refractivity contribution in [3.63, 3.8) is 0 Å². The molecule has 1 saturated carbocycles. The van der Waals surface area contributed by atoms with E-state index in [0.717, 1.165) is 31.6 Å². The molecule has 11 nitrogen and oxygen atoms in total. The van der Waals surface area contributed by atoms with Gasteiger partial charge in [0.25, 0.3) is 5.92 Å². The summed E-state index contributed by atoms with van der Waals surface area (Å²) in [7, 11) is -2.49. The van der Waals surface area contributed by atoms with Crippen LogP contribution in [0, 0.1) is 5.41 Å². The van der Waals surface area contributed by atoms with Crippen LogP contribution >= 0.6 is 0 Å². The first-order valence-electron chi connectivity index (χ1n) is 14.5. The van der Waals surface area contributed by atoms with Gasteiger partial charge in [-0.2, -0.15) is 4.98 Å². The standard InChI is InChI=1S/C29H36F2N6O5S/c1-18(43(32,39)40)25(38)19-3-4-21(22(15-19)36-11-7-28(5-6-28)8-12-36)27-35-34-26(42-27)20-16-23(33-24(17-20)41-2)37-13-9-29(30,31)10-14-37/h3-4,15-18,25,38H,5-14H2,1-2H3,(H2,32,39,40). The third-order valence-electron chi connectivity index (χ3n) is 9.17. The van der Waals surface area contributed by atoms with Crippen LogP contribution in [0.5, 0.6) is 5.88 Å². The number of nitrogens with two attached hydrogens (primary N) is 1. The highest BCUT2D eigenvalue weighted by atomic mass is 32.2. The summed E-state index contributed by atoms with van der Waals surface area (Å²) in [4.78, 5) is 8.45. The molecule has 2 aromatic heterocycles. The Kier molecular flexibility index (Phi) is 7.58. The molecular weight excluding hydrogens is 582 g/mol. The molecule has 2 aliphatic heterocycles. The molecule has 6 rings (SSSR count). The fourth-order valence-electron chi connectivity index (χ4n) is 5.92. The van der Waals surface area contributed by atoms with Gasteiger partial charge < -0.3 is 24.1 Å². The van der Waals surface area contributed by atoms with Crippen molar-refractivity contribution in [2.45, 2.75) is 62.7 Å². The van der Waals surface area contributed by atoms with Gasteiger partial charge in [0.15, 0.2) is 0 Å². The first-order valence-corrected chi connectivity index (χ1v) is 16.1. The van der Waals surface area contributed by atoms with Crippen LogP contribution in [-0.4, -0.2) is 73.2 Å². The maximum atomic E-state index is 13.8. The molecule has 2 saturated heterocycles. The molecular formula is C29H36F2N6O5S. The number of sulfonamides is 1. The lowest BCUT2D eigenvalue weighted by Crippen LogP contribution is -2.39. The van der Waals surface area contributed by atoms with Gasteiger partial charge in [-0.3, -0.25) is 0 Å². The SMILES string of the molecule is COc1cc(-c2nnc(-c3ccc(C(O)C(C)S(N)(=O)=O)cc3N3CCC4(CC3)CC4)o2)cc(N2CCC(F)(F)CC2)n1. The number of ether oxygens (including phenoxy) is 1. The topological polar surface area (TPSA) is 148 Å². The van der Waals surface area contributed by atoms with Gasteiger partial charge in [-0.05, 0) is 61.8 Å². The van der Waals surface area contributed by atoms with Crippen LogP contribution in [0.1, 0.15) is 57.1 Å². The molecule has 4 heterocycles. The summed E-state index contributed by atoms with van der Waals surface area (Å²) >= 11 is 0. The average Bonchev–Trinajstić information content (AvgIpc) is 3.55. The van der Waals surface area contributed by atoms with Crippen LogP contribution in [0.3, 0.4) is 0 Å². The zero-order valence-electron chi connectivity index (χ0n) is 24.2. The normalized spacial score (nSPS) is 21.1. The highest BCUT2D eigenvalue weighted by Crippen LogP contribution is 2.54. The van der Waals surface area contributed by atoms with E-state index in [1.165, 1.54) is 26.9 Å². The summed E-state index contributed by atoms with van der Waals surface area (Å²) in [5, 5.41) is 23.6. The van der Waals surface area contributed by atoms with Crippen molar-refractivity contribution in [1.29, 1.82) is 0 Å². The number of halogens is 2. The molecule has 0 amide bonds. The minimum absolute atomic E-state index is 0.157. The van der Waals surface area contributed by atoms with Crippen molar-refractivity contribution in [3.8, 4) is 28.8 Å². The van der Waals surface area contributed by atoms with Crippen molar-refractivity contribution in [1.82, 2.24) is 15.2 Å². The summed E-state index contributed by atoms with van der Waals surface area (Å²) in [6.45, 7) is 3.30. The van der Waals surface area contributed by atoms with Gasteiger partial charge in [0.1, 0.15) is 11.1 Å². The molecule has 2 atom stereocenters. The zero-order valence-corrected chi connectivity index (χ0v) is 25.0. The van der Waals surface area contributed by atoms with Gasteiger partial charge in [0, 0.05) is 56.3 Å². The first kappa shape index (κ1) is 29.7. The number of hydrogen-bond acceptors (Lipinski definition) is 10. The van der Waals surface area contributed by atoms with E-state index in [9.17, 15) is 22.3 Å². The molecule has 43 heavy (non-hydrogen) atoms. The first-order chi connectivity index (χ1) is 20.4. The second kappa shape index (κ2) is 11.0. The quantitative estimate of drug-likeness (QED) is 0.378. The maximum absolute atomic E-state index is 13.8. The Hall–Kier alpha value is -3.36. The van der Waals surface area contributed by atoms with Gasteiger partial charge >= 0.3 is 0 Å². The second-order valence-corrected chi connectivity index (χ2v) is 13.9. The number of methoxy groups -OCH3 is 1. The minimum Gasteiger partial charge on any atom is -0.481 e. The van der Waals surface area contributed by atoms with Crippen LogP contribution in [0.25, 0.3) is 22.9 Å². The number of primary sulfonamides is 1. The van der Waals surface area contributed by atoms with Crippen molar-refractivity contribution < 1.29 is 31.5 Å². The number of hydrogen-bond donors (Lipinski definition) is 2. The number of alkyl halides is 2. The van der Waals surface area contributed by atoms with Crippen LogP contribution < -0.4 is 19.7 Å². The van der Waals surface area contributed by atoms with Gasteiger partial charge in [-0.25, -0.2) is 22.3 Å². The van der Waals surface area contributed by atoms with Crippen molar-refractivity contribution in [2.24, 2.45) is 10.6 Å². The number of aliphatic hydroxyl groups is 1.